The van der Waals surface area contributed by atoms with Gasteiger partial charge in [0.15, 0.2) is 5.96 Å². The van der Waals surface area contributed by atoms with Crippen molar-refractivity contribution in [3.63, 3.8) is 0 Å². The van der Waals surface area contributed by atoms with E-state index in [1.54, 1.807) is 0 Å². The van der Waals surface area contributed by atoms with Crippen LogP contribution in [0.2, 0.25) is 0 Å². The van der Waals surface area contributed by atoms with E-state index in [2.05, 4.69) is 15.2 Å². The molecule has 0 atom stereocenters. The maximum Gasteiger partial charge on any atom is 0.188 e. The molecule has 5 rings (SSSR count). The van der Waals surface area contributed by atoms with Crippen LogP contribution in [-0.2, 0) is 0 Å². The van der Waals surface area contributed by atoms with Gasteiger partial charge in [0.1, 0.15) is 0 Å². The van der Waals surface area contributed by atoms with Crippen molar-refractivity contribution in [3.05, 3.63) is 0 Å². The zero-order valence-electron chi connectivity index (χ0n) is 16.7. The smallest absolute Gasteiger partial charge is 0.188 e. The van der Waals surface area contributed by atoms with Crippen LogP contribution in [0.4, 0.5) is 0 Å². The van der Waals surface area contributed by atoms with Crippen LogP contribution in [0, 0.1) is 23.2 Å². The minimum absolute atomic E-state index is 0.650. The van der Waals surface area contributed by atoms with Crippen LogP contribution in [0.5, 0.6) is 0 Å². The van der Waals surface area contributed by atoms with Crippen molar-refractivity contribution in [1.29, 1.82) is 0 Å². The number of nitrogens with zero attached hydrogens (tertiary/aromatic N) is 2. The highest BCUT2D eigenvalue weighted by Crippen LogP contribution is 2.61. The average Bonchev–Trinajstić information content (AvgIpc) is 3.10. The molecule has 26 heavy (non-hydrogen) atoms. The molecule has 4 heteroatoms. The van der Waals surface area contributed by atoms with Gasteiger partial charge in [-0.25, -0.2) is 0 Å². The number of nitrogens with two attached hydrogens (primary N) is 1. The van der Waals surface area contributed by atoms with E-state index in [9.17, 15) is 0 Å². The van der Waals surface area contributed by atoms with E-state index in [1.165, 1.54) is 96.7 Å². The number of hydrogen-bond acceptors (Lipinski definition) is 2. The zero-order chi connectivity index (χ0) is 17.8. The fourth-order valence-electron chi connectivity index (χ4n) is 6.94. The second-order valence-corrected chi connectivity index (χ2v) is 9.97. The van der Waals surface area contributed by atoms with Crippen molar-refractivity contribution < 1.29 is 0 Å². The monoisotopic (exact) mass is 360 g/mol. The SMILES string of the molecule is NC(=NCCCCCN1CCCC1)NCCC12CC3CC(CC(C3)C1)C2. The summed E-state index contributed by atoms with van der Waals surface area (Å²) < 4.78 is 0. The first-order valence-electron chi connectivity index (χ1n) is 11.5. The maximum atomic E-state index is 6.10. The molecule has 0 amide bonds. The number of aliphatic imine (C=N–C) groups is 1. The highest BCUT2D eigenvalue weighted by molar-refractivity contribution is 5.77. The summed E-state index contributed by atoms with van der Waals surface area (Å²) in [5.74, 6) is 3.82. The lowest BCUT2D eigenvalue weighted by Crippen LogP contribution is -2.47. The van der Waals surface area contributed by atoms with Gasteiger partial charge in [-0.2, -0.15) is 0 Å². The van der Waals surface area contributed by atoms with E-state index in [4.69, 9.17) is 5.73 Å². The van der Waals surface area contributed by atoms with Crippen molar-refractivity contribution in [1.82, 2.24) is 10.2 Å². The minimum atomic E-state index is 0.650. The van der Waals surface area contributed by atoms with Crippen molar-refractivity contribution in [3.8, 4) is 0 Å². The molecule has 0 aromatic heterocycles. The molecule has 5 fully saturated rings. The Morgan fingerprint density at radius 2 is 1.62 bits per heavy atom. The Morgan fingerprint density at radius 1 is 0.962 bits per heavy atom. The fraction of sp³-hybridized carbons (Fsp3) is 0.955. The Balaban J connectivity index is 1.08. The second kappa shape index (κ2) is 8.50. The summed E-state index contributed by atoms with van der Waals surface area (Å²) in [5.41, 5.74) is 6.75. The van der Waals surface area contributed by atoms with Crippen molar-refractivity contribution in [2.24, 2.45) is 33.9 Å². The van der Waals surface area contributed by atoms with Crippen molar-refractivity contribution >= 4 is 5.96 Å². The quantitative estimate of drug-likeness (QED) is 0.374. The van der Waals surface area contributed by atoms with Crippen LogP contribution in [0.25, 0.3) is 0 Å². The van der Waals surface area contributed by atoms with Gasteiger partial charge in [0, 0.05) is 13.1 Å². The Bertz CT molecular complexity index is 445. The summed E-state index contributed by atoms with van der Waals surface area (Å²) in [5, 5.41) is 3.41. The molecule has 1 saturated heterocycles. The molecule has 1 aliphatic heterocycles. The number of unbranched alkanes of at least 4 members (excludes halogenated alkanes) is 2. The van der Waals surface area contributed by atoms with Gasteiger partial charge in [0.2, 0.25) is 0 Å². The van der Waals surface area contributed by atoms with Crippen molar-refractivity contribution in [2.75, 3.05) is 32.7 Å². The summed E-state index contributed by atoms with van der Waals surface area (Å²) in [6, 6.07) is 0. The third kappa shape index (κ3) is 4.74. The van der Waals surface area contributed by atoms with Gasteiger partial charge in [0.05, 0.1) is 0 Å². The van der Waals surface area contributed by atoms with E-state index in [-0.39, 0.29) is 0 Å². The van der Waals surface area contributed by atoms with E-state index in [1.807, 2.05) is 0 Å². The summed E-state index contributed by atoms with van der Waals surface area (Å²) in [7, 11) is 0. The van der Waals surface area contributed by atoms with Gasteiger partial charge < -0.3 is 16.0 Å². The van der Waals surface area contributed by atoms with Gasteiger partial charge in [-0.3, -0.25) is 4.99 Å². The van der Waals surface area contributed by atoms with E-state index < -0.39 is 0 Å². The molecular weight excluding hydrogens is 320 g/mol. The fourth-order valence-corrected chi connectivity index (χ4v) is 6.94. The van der Waals surface area contributed by atoms with E-state index in [0.29, 0.717) is 11.4 Å². The van der Waals surface area contributed by atoms with Crippen LogP contribution in [0.15, 0.2) is 4.99 Å². The first-order chi connectivity index (χ1) is 12.7. The minimum Gasteiger partial charge on any atom is -0.370 e. The Kier molecular flexibility index (Phi) is 6.07. The first kappa shape index (κ1) is 18.6. The number of hydrogen-bond donors (Lipinski definition) is 2. The molecule has 3 N–H and O–H groups in total. The molecule has 148 valence electrons. The Labute approximate surface area is 160 Å². The third-order valence-corrected chi connectivity index (χ3v) is 7.74. The standard InChI is InChI=1S/C22H40N4/c23-21(24-7-2-1-3-9-26-10-4-5-11-26)25-8-6-22-15-18-12-19(16-22)14-20(13-18)17-22/h18-20H,1-17H2,(H3,23,24,25). The summed E-state index contributed by atoms with van der Waals surface area (Å²) >= 11 is 0. The second-order valence-electron chi connectivity index (χ2n) is 9.97. The predicted molar refractivity (Wildman–Crippen MR) is 109 cm³/mol. The molecule has 4 saturated carbocycles. The normalized spacial score (nSPS) is 36.8. The first-order valence-corrected chi connectivity index (χ1v) is 11.5. The molecule has 0 unspecified atom stereocenters. The Hall–Kier alpha value is -0.770. The van der Waals surface area contributed by atoms with Crippen LogP contribution in [0.3, 0.4) is 0 Å². The number of rotatable bonds is 9. The molecule has 4 aliphatic carbocycles. The van der Waals surface area contributed by atoms with Gasteiger partial charge in [-0.15, -0.1) is 0 Å². The summed E-state index contributed by atoms with van der Waals surface area (Å²) in [4.78, 5) is 7.15. The molecule has 0 spiro atoms. The van der Waals surface area contributed by atoms with Crippen molar-refractivity contribution in [2.45, 2.75) is 77.0 Å². The van der Waals surface area contributed by atoms with E-state index >= 15 is 0 Å². The number of guanidine groups is 1. The lowest BCUT2D eigenvalue weighted by molar-refractivity contribution is -0.0562. The molecular formula is C22H40N4. The van der Waals surface area contributed by atoms with Gasteiger partial charge in [-0.05, 0) is 113 Å². The number of likely N-dealkylation sites (tertiary alicyclic amines) is 1. The molecule has 4 nitrogen and oxygen atoms in total. The highest BCUT2D eigenvalue weighted by Gasteiger charge is 2.50. The average molecular weight is 361 g/mol. The zero-order valence-corrected chi connectivity index (χ0v) is 16.7. The lowest BCUT2D eigenvalue weighted by atomic mass is 9.49. The molecule has 0 aromatic carbocycles. The summed E-state index contributed by atoms with van der Waals surface area (Å²) in [6.45, 7) is 5.83. The highest BCUT2D eigenvalue weighted by atomic mass is 15.1. The van der Waals surface area contributed by atoms with Crippen LogP contribution >= 0.6 is 0 Å². The van der Waals surface area contributed by atoms with Crippen LogP contribution in [0.1, 0.15) is 77.0 Å². The van der Waals surface area contributed by atoms with Gasteiger partial charge >= 0.3 is 0 Å². The lowest BCUT2D eigenvalue weighted by Gasteiger charge is -2.57. The Morgan fingerprint density at radius 3 is 2.27 bits per heavy atom. The largest absolute Gasteiger partial charge is 0.370 e. The van der Waals surface area contributed by atoms with Gasteiger partial charge in [-0.1, -0.05) is 6.42 Å². The van der Waals surface area contributed by atoms with Crippen LogP contribution < -0.4 is 11.1 Å². The third-order valence-electron chi connectivity index (χ3n) is 7.74. The molecule has 4 bridgehead atoms. The molecule has 0 radical (unpaired) electrons. The molecule has 1 heterocycles. The van der Waals surface area contributed by atoms with Gasteiger partial charge in [0.25, 0.3) is 0 Å². The van der Waals surface area contributed by atoms with E-state index in [0.717, 1.165) is 30.8 Å². The predicted octanol–water partition coefficient (Wildman–Crippen LogP) is 3.76. The topological polar surface area (TPSA) is 53.6 Å². The van der Waals surface area contributed by atoms with Crippen LogP contribution in [-0.4, -0.2) is 43.6 Å². The maximum absolute atomic E-state index is 6.10. The molecule has 0 aromatic rings. The summed E-state index contributed by atoms with van der Waals surface area (Å²) in [6.07, 6.45) is 17.0. The number of nitrogens with one attached hydrogen (secondary N) is 1. The molecule has 5 aliphatic rings.